The quantitative estimate of drug-likeness (QED) is 0.829. The van der Waals surface area contributed by atoms with Crippen molar-refractivity contribution in [3.8, 4) is 0 Å². The molecule has 8 heteroatoms. The highest BCUT2D eigenvalue weighted by Gasteiger charge is 2.30. The maximum absolute atomic E-state index is 12.4. The molecule has 0 aromatic carbocycles. The lowest BCUT2D eigenvalue weighted by molar-refractivity contribution is -0.141. The highest BCUT2D eigenvalue weighted by atomic mass is 32.1. The van der Waals surface area contributed by atoms with E-state index in [1.54, 1.807) is 0 Å². The Morgan fingerprint density at radius 1 is 1.12 bits per heavy atom. The Kier molecular flexibility index (Phi) is 6.08. The van der Waals surface area contributed by atoms with Crippen LogP contribution in [0, 0.1) is 19.3 Å². The molecule has 3 N–H and O–H groups in total. The molecule has 1 aromatic heterocycles. The molecule has 0 atom stereocenters. The van der Waals surface area contributed by atoms with E-state index < -0.39 is 5.91 Å². The van der Waals surface area contributed by atoms with Gasteiger partial charge in [-0.3, -0.25) is 19.3 Å². The monoisotopic (exact) mass is 380 g/mol. The largest absolute Gasteiger partial charge is 0.365 e. The van der Waals surface area contributed by atoms with E-state index in [4.69, 9.17) is 5.73 Å². The first-order valence-electron chi connectivity index (χ1n) is 8.72. The second-order valence-electron chi connectivity index (χ2n) is 7.72. The van der Waals surface area contributed by atoms with Crippen LogP contribution < -0.4 is 11.1 Å². The topological polar surface area (TPSA) is 95.7 Å². The number of carbonyl (C=O) groups excluding carboxylic acids is 3. The van der Waals surface area contributed by atoms with E-state index in [2.05, 4.69) is 5.32 Å². The van der Waals surface area contributed by atoms with Gasteiger partial charge in [0, 0.05) is 36.5 Å². The summed E-state index contributed by atoms with van der Waals surface area (Å²) in [6.45, 7) is 12.2. The summed E-state index contributed by atoms with van der Waals surface area (Å²) in [4.78, 5) is 41.1. The maximum Gasteiger partial charge on any atom is 0.251 e. The minimum Gasteiger partial charge on any atom is -0.365 e. The molecule has 0 spiro atoms. The van der Waals surface area contributed by atoms with Crippen molar-refractivity contribution in [1.82, 2.24) is 9.80 Å². The van der Waals surface area contributed by atoms with Crippen LogP contribution in [0.25, 0.3) is 0 Å². The van der Waals surface area contributed by atoms with E-state index in [0.29, 0.717) is 36.7 Å². The third-order valence-electron chi connectivity index (χ3n) is 4.55. The molecule has 144 valence electrons. The molecule has 1 aromatic rings. The molecule has 0 aliphatic carbocycles. The smallest absolute Gasteiger partial charge is 0.251 e. The number of nitrogens with two attached hydrogens (primary N) is 1. The van der Waals surface area contributed by atoms with Crippen molar-refractivity contribution in [2.75, 3.05) is 38.0 Å². The van der Waals surface area contributed by atoms with Gasteiger partial charge in [-0.1, -0.05) is 20.8 Å². The summed E-state index contributed by atoms with van der Waals surface area (Å²) in [6.07, 6.45) is 0. The number of nitrogens with one attached hydrogen (secondary N) is 1. The first kappa shape index (κ1) is 20.4. The summed E-state index contributed by atoms with van der Waals surface area (Å²) in [5.74, 6) is -0.571. The van der Waals surface area contributed by atoms with Crippen LogP contribution in [0.4, 0.5) is 5.00 Å². The fourth-order valence-corrected chi connectivity index (χ4v) is 4.05. The van der Waals surface area contributed by atoms with Gasteiger partial charge in [0.15, 0.2) is 0 Å². The summed E-state index contributed by atoms with van der Waals surface area (Å²) in [5.41, 5.74) is 6.25. The number of aryl methyl sites for hydroxylation is 1. The Bertz CT molecular complexity index is 713. The molecule has 0 saturated carbocycles. The second kappa shape index (κ2) is 7.75. The van der Waals surface area contributed by atoms with Crippen LogP contribution in [-0.2, 0) is 9.59 Å². The lowest BCUT2D eigenvalue weighted by Gasteiger charge is -2.37. The SMILES string of the molecule is Cc1sc(NC(=O)CN2CCN(C(=O)C(C)(C)C)CC2)c(C(N)=O)c1C. The minimum atomic E-state index is -0.531. The Labute approximate surface area is 158 Å². The Hall–Kier alpha value is -1.93. The van der Waals surface area contributed by atoms with Crippen LogP contribution >= 0.6 is 11.3 Å². The normalized spacial score (nSPS) is 15.8. The molecule has 0 bridgehead atoms. The van der Waals surface area contributed by atoms with E-state index in [1.165, 1.54) is 11.3 Å². The molecular formula is C18H28N4O3S. The van der Waals surface area contributed by atoms with Crippen molar-refractivity contribution in [2.24, 2.45) is 11.1 Å². The number of hydrogen-bond acceptors (Lipinski definition) is 5. The fraction of sp³-hybridized carbons (Fsp3) is 0.611. The van der Waals surface area contributed by atoms with Crippen molar-refractivity contribution in [2.45, 2.75) is 34.6 Å². The first-order chi connectivity index (χ1) is 12.0. The van der Waals surface area contributed by atoms with Crippen LogP contribution in [0.5, 0.6) is 0 Å². The third-order valence-corrected chi connectivity index (χ3v) is 5.68. The maximum atomic E-state index is 12.4. The van der Waals surface area contributed by atoms with Gasteiger partial charge in [-0.2, -0.15) is 0 Å². The number of carbonyl (C=O) groups is 3. The van der Waals surface area contributed by atoms with Crippen molar-refractivity contribution >= 4 is 34.1 Å². The Morgan fingerprint density at radius 3 is 2.19 bits per heavy atom. The van der Waals surface area contributed by atoms with Gasteiger partial charge < -0.3 is 16.0 Å². The van der Waals surface area contributed by atoms with Gasteiger partial charge in [-0.05, 0) is 19.4 Å². The number of thiophene rings is 1. The number of nitrogens with zero attached hydrogens (tertiary/aromatic N) is 2. The van der Waals surface area contributed by atoms with Gasteiger partial charge in [-0.25, -0.2) is 0 Å². The van der Waals surface area contributed by atoms with Crippen LogP contribution in [0.3, 0.4) is 0 Å². The van der Waals surface area contributed by atoms with Crippen LogP contribution in [0.2, 0.25) is 0 Å². The molecule has 1 saturated heterocycles. The summed E-state index contributed by atoms with van der Waals surface area (Å²) < 4.78 is 0. The third kappa shape index (κ3) is 4.62. The van der Waals surface area contributed by atoms with E-state index in [-0.39, 0.29) is 23.8 Å². The standard InChI is InChI=1S/C18H28N4O3S/c1-11-12(2)26-16(14(11)15(19)24)20-13(23)10-21-6-8-22(9-7-21)17(25)18(3,4)5/h6-10H2,1-5H3,(H2,19,24)(H,20,23). The predicted molar refractivity (Wildman–Crippen MR) is 103 cm³/mol. The van der Waals surface area contributed by atoms with Crippen LogP contribution in [-0.4, -0.2) is 60.2 Å². The van der Waals surface area contributed by atoms with Gasteiger partial charge in [0.25, 0.3) is 5.91 Å². The first-order valence-corrected chi connectivity index (χ1v) is 9.53. The molecule has 26 heavy (non-hydrogen) atoms. The average Bonchev–Trinajstić information content (AvgIpc) is 2.80. The van der Waals surface area contributed by atoms with E-state index in [0.717, 1.165) is 10.4 Å². The summed E-state index contributed by atoms with van der Waals surface area (Å²) in [5, 5.41) is 3.33. The molecule has 7 nitrogen and oxygen atoms in total. The summed E-state index contributed by atoms with van der Waals surface area (Å²) in [6, 6.07) is 0. The van der Waals surface area contributed by atoms with Crippen molar-refractivity contribution in [3.63, 3.8) is 0 Å². The Morgan fingerprint density at radius 2 is 1.69 bits per heavy atom. The molecule has 1 aliphatic rings. The van der Waals surface area contributed by atoms with Crippen molar-refractivity contribution in [1.29, 1.82) is 0 Å². The van der Waals surface area contributed by atoms with Gasteiger partial charge in [0.1, 0.15) is 5.00 Å². The molecule has 2 heterocycles. The number of anilines is 1. The van der Waals surface area contributed by atoms with Gasteiger partial charge >= 0.3 is 0 Å². The molecule has 2 rings (SSSR count). The van der Waals surface area contributed by atoms with Gasteiger partial charge in [0.2, 0.25) is 11.8 Å². The molecule has 1 fully saturated rings. The molecular weight excluding hydrogens is 352 g/mol. The lowest BCUT2D eigenvalue weighted by atomic mass is 9.94. The van der Waals surface area contributed by atoms with E-state index >= 15 is 0 Å². The number of rotatable bonds is 4. The highest BCUT2D eigenvalue weighted by molar-refractivity contribution is 7.16. The molecule has 0 unspecified atom stereocenters. The van der Waals surface area contributed by atoms with Crippen molar-refractivity contribution < 1.29 is 14.4 Å². The Balaban J connectivity index is 1.92. The van der Waals surface area contributed by atoms with Crippen LogP contribution in [0.15, 0.2) is 0 Å². The molecule has 0 radical (unpaired) electrons. The lowest BCUT2D eigenvalue weighted by Crippen LogP contribution is -2.52. The summed E-state index contributed by atoms with van der Waals surface area (Å²) in [7, 11) is 0. The van der Waals surface area contributed by atoms with E-state index in [9.17, 15) is 14.4 Å². The minimum absolute atomic E-state index is 0.136. The highest BCUT2D eigenvalue weighted by Crippen LogP contribution is 2.32. The second-order valence-corrected chi connectivity index (χ2v) is 8.94. The average molecular weight is 381 g/mol. The zero-order valence-corrected chi connectivity index (χ0v) is 17.0. The number of primary amides is 1. The number of hydrogen-bond donors (Lipinski definition) is 2. The number of amides is 3. The van der Waals surface area contributed by atoms with Gasteiger partial charge in [-0.15, -0.1) is 11.3 Å². The fourth-order valence-electron chi connectivity index (χ4n) is 2.96. The molecule has 3 amide bonds. The zero-order valence-electron chi connectivity index (χ0n) is 16.1. The molecule has 1 aliphatic heterocycles. The zero-order chi connectivity index (χ0) is 19.6. The summed E-state index contributed by atoms with van der Waals surface area (Å²) >= 11 is 1.36. The predicted octanol–water partition coefficient (Wildman–Crippen LogP) is 1.59. The van der Waals surface area contributed by atoms with Crippen LogP contribution in [0.1, 0.15) is 41.6 Å². The van der Waals surface area contributed by atoms with E-state index in [1.807, 2.05) is 44.4 Å². The number of piperazine rings is 1. The van der Waals surface area contributed by atoms with Gasteiger partial charge in [0.05, 0.1) is 12.1 Å². The van der Waals surface area contributed by atoms with Crippen molar-refractivity contribution in [3.05, 3.63) is 16.0 Å².